The van der Waals surface area contributed by atoms with E-state index in [1.807, 2.05) is 0 Å². The van der Waals surface area contributed by atoms with Crippen molar-refractivity contribution in [2.75, 3.05) is 7.11 Å². The summed E-state index contributed by atoms with van der Waals surface area (Å²) >= 11 is 3.21. The second-order valence-electron chi connectivity index (χ2n) is 5.37. The largest absolute Gasteiger partial charge is 0.496 e. The fourth-order valence-electron chi connectivity index (χ4n) is 2.93. The normalized spacial score (nSPS) is 14.9. The van der Waals surface area contributed by atoms with Crippen LogP contribution in [0.3, 0.4) is 0 Å². The van der Waals surface area contributed by atoms with Crippen molar-refractivity contribution < 1.29 is 9.13 Å². The first-order chi connectivity index (χ1) is 10.1. The number of rotatable bonds is 3. The Labute approximate surface area is 132 Å². The zero-order chi connectivity index (χ0) is 15.0. The van der Waals surface area contributed by atoms with E-state index in [1.165, 1.54) is 30.7 Å². The fourth-order valence-corrected chi connectivity index (χ4v) is 3.29. The molecule has 2 aromatic carbocycles. The van der Waals surface area contributed by atoms with Gasteiger partial charge >= 0.3 is 0 Å². The van der Waals surface area contributed by atoms with Gasteiger partial charge in [0, 0.05) is 11.6 Å². The zero-order valence-corrected chi connectivity index (χ0v) is 13.4. The van der Waals surface area contributed by atoms with E-state index < -0.39 is 0 Å². The van der Waals surface area contributed by atoms with Crippen LogP contribution in [0.25, 0.3) is 0 Å². The highest BCUT2D eigenvalue weighted by atomic mass is 79.9. The third-order valence-corrected chi connectivity index (χ3v) is 4.70. The van der Waals surface area contributed by atoms with Gasteiger partial charge in [-0.05, 0) is 57.9 Å². The molecule has 2 N–H and O–H groups in total. The Morgan fingerprint density at radius 1 is 1.19 bits per heavy atom. The van der Waals surface area contributed by atoms with Gasteiger partial charge in [-0.2, -0.15) is 0 Å². The highest BCUT2D eigenvalue weighted by molar-refractivity contribution is 9.10. The molecular formula is C17H17BrFNO. The Balaban J connectivity index is 2.02. The smallest absolute Gasteiger partial charge is 0.141 e. The maximum Gasteiger partial charge on any atom is 0.141 e. The predicted octanol–water partition coefficient (Wildman–Crippen LogP) is 4.13. The molecule has 1 unspecified atom stereocenters. The van der Waals surface area contributed by atoms with Crippen molar-refractivity contribution in [2.24, 2.45) is 5.73 Å². The number of halogens is 2. The Morgan fingerprint density at radius 2 is 1.95 bits per heavy atom. The van der Waals surface area contributed by atoms with Gasteiger partial charge in [-0.3, -0.25) is 0 Å². The van der Waals surface area contributed by atoms with Crippen LogP contribution in [0.2, 0.25) is 0 Å². The van der Waals surface area contributed by atoms with E-state index in [2.05, 4.69) is 34.1 Å². The van der Waals surface area contributed by atoms with Crippen molar-refractivity contribution in [3.63, 3.8) is 0 Å². The standard InChI is InChI=1S/C17H17BrFNO/c1-21-16-9-15(19)14(18)8-13(16)17(20)12-6-5-10-3-2-4-11(10)7-12/h5-9,17H,2-4,20H2,1H3. The van der Waals surface area contributed by atoms with E-state index >= 15 is 0 Å². The molecule has 0 saturated carbocycles. The van der Waals surface area contributed by atoms with Crippen molar-refractivity contribution in [1.29, 1.82) is 0 Å². The molecule has 0 fully saturated rings. The number of benzene rings is 2. The van der Waals surface area contributed by atoms with E-state index in [1.54, 1.807) is 6.07 Å². The summed E-state index contributed by atoms with van der Waals surface area (Å²) in [4.78, 5) is 0. The lowest BCUT2D eigenvalue weighted by atomic mass is 9.95. The quantitative estimate of drug-likeness (QED) is 0.903. The Bertz CT molecular complexity index is 687. The molecule has 3 rings (SSSR count). The number of methoxy groups -OCH3 is 1. The lowest BCUT2D eigenvalue weighted by molar-refractivity contribution is 0.404. The average molecular weight is 350 g/mol. The number of ether oxygens (including phenoxy) is 1. The van der Waals surface area contributed by atoms with Crippen LogP contribution in [0.1, 0.15) is 34.7 Å². The van der Waals surface area contributed by atoms with Gasteiger partial charge in [-0.1, -0.05) is 18.2 Å². The van der Waals surface area contributed by atoms with E-state index in [4.69, 9.17) is 10.5 Å². The van der Waals surface area contributed by atoms with Gasteiger partial charge in [0.25, 0.3) is 0 Å². The SMILES string of the molecule is COc1cc(F)c(Br)cc1C(N)c1ccc2c(c1)CCC2. The van der Waals surface area contributed by atoms with Crippen LogP contribution in [0.5, 0.6) is 5.75 Å². The van der Waals surface area contributed by atoms with Crippen LogP contribution in [0.4, 0.5) is 4.39 Å². The number of hydrogen-bond donors (Lipinski definition) is 1. The predicted molar refractivity (Wildman–Crippen MR) is 85.1 cm³/mol. The summed E-state index contributed by atoms with van der Waals surface area (Å²) in [7, 11) is 1.53. The Hall–Kier alpha value is -1.39. The molecule has 2 aromatic rings. The van der Waals surface area contributed by atoms with Gasteiger partial charge in [-0.25, -0.2) is 4.39 Å². The van der Waals surface area contributed by atoms with Gasteiger partial charge in [0.15, 0.2) is 0 Å². The minimum absolute atomic E-state index is 0.331. The topological polar surface area (TPSA) is 35.2 Å². The van der Waals surface area contributed by atoms with Crippen LogP contribution in [0, 0.1) is 5.82 Å². The van der Waals surface area contributed by atoms with Crippen LogP contribution in [-0.4, -0.2) is 7.11 Å². The summed E-state index contributed by atoms with van der Waals surface area (Å²) in [5.74, 6) is 0.125. The summed E-state index contributed by atoms with van der Waals surface area (Å²) in [6.07, 6.45) is 3.47. The van der Waals surface area contributed by atoms with Crippen LogP contribution < -0.4 is 10.5 Å². The molecule has 1 aliphatic rings. The highest BCUT2D eigenvalue weighted by Crippen LogP contribution is 2.34. The molecule has 2 nitrogen and oxygen atoms in total. The summed E-state index contributed by atoms with van der Waals surface area (Å²) in [5, 5.41) is 0. The highest BCUT2D eigenvalue weighted by Gasteiger charge is 2.19. The Kier molecular flexibility index (Phi) is 4.00. The maximum atomic E-state index is 13.6. The first-order valence-corrected chi connectivity index (χ1v) is 7.79. The lowest BCUT2D eigenvalue weighted by Gasteiger charge is -2.18. The fraction of sp³-hybridized carbons (Fsp3) is 0.294. The molecule has 21 heavy (non-hydrogen) atoms. The monoisotopic (exact) mass is 349 g/mol. The van der Waals surface area contributed by atoms with Gasteiger partial charge in [0.05, 0.1) is 17.6 Å². The molecular weight excluding hydrogens is 333 g/mol. The maximum absolute atomic E-state index is 13.6. The Morgan fingerprint density at radius 3 is 2.71 bits per heavy atom. The molecule has 0 spiro atoms. The molecule has 4 heteroatoms. The number of hydrogen-bond acceptors (Lipinski definition) is 2. The molecule has 0 saturated heterocycles. The van der Waals surface area contributed by atoms with Crippen molar-refractivity contribution in [2.45, 2.75) is 25.3 Å². The van der Waals surface area contributed by atoms with E-state index in [0.29, 0.717) is 10.2 Å². The average Bonchev–Trinajstić information content (AvgIpc) is 2.96. The molecule has 0 radical (unpaired) electrons. The second-order valence-corrected chi connectivity index (χ2v) is 6.22. The molecule has 1 atom stereocenters. The summed E-state index contributed by atoms with van der Waals surface area (Å²) < 4.78 is 19.3. The van der Waals surface area contributed by atoms with E-state index in [9.17, 15) is 4.39 Å². The van der Waals surface area contributed by atoms with E-state index in [0.717, 1.165) is 24.0 Å². The number of fused-ring (bicyclic) bond motifs is 1. The van der Waals surface area contributed by atoms with Crippen LogP contribution in [0.15, 0.2) is 34.8 Å². The number of nitrogens with two attached hydrogens (primary N) is 1. The first-order valence-electron chi connectivity index (χ1n) is 7.00. The van der Waals surface area contributed by atoms with Crippen molar-refractivity contribution in [1.82, 2.24) is 0 Å². The molecule has 0 bridgehead atoms. The third kappa shape index (κ3) is 2.70. The van der Waals surface area contributed by atoms with Gasteiger partial charge < -0.3 is 10.5 Å². The first kappa shape index (κ1) is 14.5. The summed E-state index contributed by atoms with van der Waals surface area (Å²) in [6.45, 7) is 0. The van der Waals surface area contributed by atoms with E-state index in [-0.39, 0.29) is 11.9 Å². The lowest BCUT2D eigenvalue weighted by Crippen LogP contribution is -2.14. The van der Waals surface area contributed by atoms with Gasteiger partial charge in [0.2, 0.25) is 0 Å². The van der Waals surface area contributed by atoms with Gasteiger partial charge in [0.1, 0.15) is 11.6 Å². The van der Waals surface area contributed by atoms with Crippen LogP contribution in [-0.2, 0) is 12.8 Å². The third-order valence-electron chi connectivity index (χ3n) is 4.09. The molecule has 1 aliphatic carbocycles. The van der Waals surface area contributed by atoms with Crippen molar-refractivity contribution in [3.05, 3.63) is 62.9 Å². The molecule has 0 amide bonds. The van der Waals surface area contributed by atoms with Gasteiger partial charge in [-0.15, -0.1) is 0 Å². The second kappa shape index (κ2) is 5.78. The zero-order valence-electron chi connectivity index (χ0n) is 11.8. The molecule has 0 aromatic heterocycles. The van der Waals surface area contributed by atoms with Crippen LogP contribution >= 0.6 is 15.9 Å². The molecule has 0 heterocycles. The summed E-state index contributed by atoms with van der Waals surface area (Å²) in [5.41, 5.74) is 11.0. The van der Waals surface area contributed by atoms with Crippen molar-refractivity contribution in [3.8, 4) is 5.75 Å². The number of aryl methyl sites for hydroxylation is 2. The minimum Gasteiger partial charge on any atom is -0.496 e. The molecule has 110 valence electrons. The summed E-state index contributed by atoms with van der Waals surface area (Å²) in [6, 6.07) is 9.12. The minimum atomic E-state index is -0.350. The van der Waals surface area contributed by atoms with Crippen molar-refractivity contribution >= 4 is 15.9 Å². The molecule has 0 aliphatic heterocycles.